The number of nitrogens with one attached hydrogen (secondary N) is 1. The predicted molar refractivity (Wildman–Crippen MR) is 78.2 cm³/mol. The molecule has 1 unspecified atom stereocenters. The molecule has 4 heteroatoms. The summed E-state index contributed by atoms with van der Waals surface area (Å²) in [4.78, 5) is 0. The number of aryl methyl sites for hydroxylation is 2. The van der Waals surface area contributed by atoms with Gasteiger partial charge in [0, 0.05) is 5.02 Å². The Hall–Kier alpha value is -1.45. The van der Waals surface area contributed by atoms with Gasteiger partial charge < -0.3 is 5.32 Å². The molecule has 0 spiro atoms. The first kappa shape index (κ1) is 14.9. The summed E-state index contributed by atoms with van der Waals surface area (Å²) in [5.74, 6) is -0.575. The monoisotopic (exact) mass is 295 g/mol. The second-order valence-corrected chi connectivity index (χ2v) is 5.26. The Balaban J connectivity index is 2.52. The van der Waals surface area contributed by atoms with Crippen LogP contribution in [0.5, 0.6) is 0 Å². The van der Waals surface area contributed by atoms with E-state index in [4.69, 9.17) is 11.6 Å². The van der Waals surface area contributed by atoms with Crippen molar-refractivity contribution in [2.24, 2.45) is 0 Å². The van der Waals surface area contributed by atoms with Gasteiger partial charge in [0.2, 0.25) is 0 Å². The van der Waals surface area contributed by atoms with E-state index in [-0.39, 0.29) is 17.7 Å². The van der Waals surface area contributed by atoms with E-state index in [1.807, 2.05) is 0 Å². The third kappa shape index (κ3) is 2.84. The molecule has 0 radical (unpaired) electrons. The summed E-state index contributed by atoms with van der Waals surface area (Å²) in [5.41, 5.74) is 2.83. The van der Waals surface area contributed by atoms with Gasteiger partial charge in [-0.15, -0.1) is 0 Å². The van der Waals surface area contributed by atoms with Gasteiger partial charge in [0.1, 0.15) is 11.6 Å². The molecule has 1 nitrogen and oxygen atoms in total. The molecule has 0 saturated carbocycles. The lowest BCUT2D eigenvalue weighted by atomic mass is 9.95. The third-order valence-corrected chi connectivity index (χ3v) is 3.68. The van der Waals surface area contributed by atoms with Crippen molar-refractivity contribution in [1.82, 2.24) is 5.32 Å². The Bertz CT molecular complexity index is 617. The van der Waals surface area contributed by atoms with Gasteiger partial charge in [-0.25, -0.2) is 8.78 Å². The molecule has 2 aromatic carbocycles. The van der Waals surface area contributed by atoms with E-state index in [2.05, 4.69) is 5.32 Å². The molecule has 1 atom stereocenters. The van der Waals surface area contributed by atoms with Gasteiger partial charge in [-0.3, -0.25) is 0 Å². The van der Waals surface area contributed by atoms with Gasteiger partial charge in [-0.2, -0.15) is 0 Å². The van der Waals surface area contributed by atoms with Crippen LogP contribution in [0.15, 0.2) is 30.3 Å². The number of rotatable bonds is 3. The zero-order valence-electron chi connectivity index (χ0n) is 11.6. The summed E-state index contributed by atoms with van der Waals surface area (Å²) in [6.07, 6.45) is 0. The fourth-order valence-electron chi connectivity index (χ4n) is 2.38. The van der Waals surface area contributed by atoms with Crippen molar-refractivity contribution in [3.63, 3.8) is 0 Å². The molecule has 2 rings (SSSR count). The minimum atomic E-state index is -0.375. The highest BCUT2D eigenvalue weighted by atomic mass is 35.5. The topological polar surface area (TPSA) is 12.0 Å². The minimum absolute atomic E-state index is 0.200. The molecule has 0 amide bonds. The SMILES string of the molecule is CNC(c1cc(C)c(F)c(C)c1)c1ccc(F)cc1Cl. The maximum atomic E-state index is 13.7. The van der Waals surface area contributed by atoms with Crippen LogP contribution in [-0.2, 0) is 0 Å². The van der Waals surface area contributed by atoms with Crippen molar-refractivity contribution in [3.05, 3.63) is 69.2 Å². The first-order chi connectivity index (χ1) is 9.43. The van der Waals surface area contributed by atoms with E-state index in [9.17, 15) is 8.78 Å². The van der Waals surface area contributed by atoms with Crippen molar-refractivity contribution in [1.29, 1.82) is 0 Å². The van der Waals surface area contributed by atoms with Crippen molar-refractivity contribution in [2.75, 3.05) is 7.05 Å². The van der Waals surface area contributed by atoms with Crippen LogP contribution in [0, 0.1) is 25.5 Å². The lowest BCUT2D eigenvalue weighted by Crippen LogP contribution is -2.18. The molecule has 106 valence electrons. The van der Waals surface area contributed by atoms with Crippen molar-refractivity contribution in [3.8, 4) is 0 Å². The lowest BCUT2D eigenvalue weighted by molar-refractivity contribution is 0.604. The largest absolute Gasteiger partial charge is 0.309 e. The molecule has 0 aliphatic carbocycles. The number of hydrogen-bond acceptors (Lipinski definition) is 1. The Labute approximate surface area is 122 Å². The first-order valence-electron chi connectivity index (χ1n) is 6.33. The standard InChI is InChI=1S/C16H16ClF2N/c1-9-6-11(7-10(2)15(9)19)16(20-3)13-5-4-12(18)8-14(13)17/h4-8,16,20H,1-3H3. The second kappa shape index (κ2) is 5.90. The third-order valence-electron chi connectivity index (χ3n) is 3.35. The predicted octanol–water partition coefficient (Wildman–Crippen LogP) is 4.54. The zero-order valence-corrected chi connectivity index (χ0v) is 12.4. The average Bonchev–Trinajstić information content (AvgIpc) is 2.39. The van der Waals surface area contributed by atoms with Crippen molar-refractivity contribution in [2.45, 2.75) is 19.9 Å². The molecular formula is C16H16ClF2N. The van der Waals surface area contributed by atoms with Gasteiger partial charge in [0.15, 0.2) is 0 Å². The molecule has 20 heavy (non-hydrogen) atoms. The summed E-state index contributed by atoms with van der Waals surface area (Å²) in [5, 5.41) is 3.49. The molecule has 2 aromatic rings. The molecule has 0 aliphatic rings. The molecule has 0 aliphatic heterocycles. The lowest BCUT2D eigenvalue weighted by Gasteiger charge is -2.20. The molecule has 0 aromatic heterocycles. The quantitative estimate of drug-likeness (QED) is 0.876. The van der Waals surface area contributed by atoms with Crippen molar-refractivity contribution < 1.29 is 8.78 Å². The molecule has 0 heterocycles. The van der Waals surface area contributed by atoms with Crippen LogP contribution in [0.25, 0.3) is 0 Å². The molecule has 0 bridgehead atoms. The first-order valence-corrected chi connectivity index (χ1v) is 6.70. The Morgan fingerprint density at radius 2 is 1.65 bits per heavy atom. The normalized spacial score (nSPS) is 12.5. The Kier molecular flexibility index (Phi) is 4.41. The molecule has 0 fully saturated rings. The van der Waals surface area contributed by atoms with Gasteiger partial charge in [-0.1, -0.05) is 29.8 Å². The fourth-order valence-corrected chi connectivity index (χ4v) is 2.66. The maximum absolute atomic E-state index is 13.7. The second-order valence-electron chi connectivity index (χ2n) is 4.86. The van der Waals surface area contributed by atoms with Crippen LogP contribution in [0.1, 0.15) is 28.3 Å². The van der Waals surface area contributed by atoms with Crippen molar-refractivity contribution >= 4 is 11.6 Å². The van der Waals surface area contributed by atoms with Gasteiger partial charge >= 0.3 is 0 Å². The smallest absolute Gasteiger partial charge is 0.129 e. The minimum Gasteiger partial charge on any atom is -0.309 e. The van der Waals surface area contributed by atoms with Crippen LogP contribution in [0.2, 0.25) is 5.02 Å². The fraction of sp³-hybridized carbons (Fsp3) is 0.250. The van der Waals surface area contributed by atoms with E-state index in [1.54, 1.807) is 39.1 Å². The van der Waals surface area contributed by atoms with Crippen LogP contribution < -0.4 is 5.32 Å². The Morgan fingerprint density at radius 3 is 2.15 bits per heavy atom. The Morgan fingerprint density at radius 1 is 1.05 bits per heavy atom. The van der Waals surface area contributed by atoms with Gasteiger partial charge in [0.25, 0.3) is 0 Å². The van der Waals surface area contributed by atoms with Gasteiger partial charge in [-0.05, 0) is 55.3 Å². The van der Waals surface area contributed by atoms with Crippen LogP contribution in [0.3, 0.4) is 0 Å². The van der Waals surface area contributed by atoms with E-state index < -0.39 is 0 Å². The van der Waals surface area contributed by atoms with Gasteiger partial charge in [0.05, 0.1) is 6.04 Å². The van der Waals surface area contributed by atoms with Crippen LogP contribution in [-0.4, -0.2) is 7.05 Å². The highest BCUT2D eigenvalue weighted by Gasteiger charge is 2.17. The van der Waals surface area contributed by atoms with E-state index in [1.165, 1.54) is 12.1 Å². The molecular weight excluding hydrogens is 280 g/mol. The summed E-state index contributed by atoms with van der Waals surface area (Å²) in [6.45, 7) is 3.45. The van der Waals surface area contributed by atoms with Crippen LogP contribution in [0.4, 0.5) is 8.78 Å². The summed E-state index contributed by atoms with van der Waals surface area (Å²) >= 11 is 6.11. The summed E-state index contributed by atoms with van der Waals surface area (Å²) in [6, 6.07) is 7.65. The number of benzene rings is 2. The highest BCUT2D eigenvalue weighted by Crippen LogP contribution is 2.30. The zero-order chi connectivity index (χ0) is 14.9. The number of halogens is 3. The maximum Gasteiger partial charge on any atom is 0.129 e. The van der Waals surface area contributed by atoms with E-state index in [0.717, 1.165) is 11.1 Å². The summed E-state index contributed by atoms with van der Waals surface area (Å²) in [7, 11) is 1.79. The molecule has 0 saturated heterocycles. The van der Waals surface area contributed by atoms with E-state index >= 15 is 0 Å². The molecule has 1 N–H and O–H groups in total. The van der Waals surface area contributed by atoms with E-state index in [0.29, 0.717) is 16.1 Å². The van der Waals surface area contributed by atoms with Crippen LogP contribution >= 0.6 is 11.6 Å². The average molecular weight is 296 g/mol. The summed E-state index contributed by atoms with van der Waals surface area (Å²) < 4.78 is 26.9. The number of hydrogen-bond donors (Lipinski definition) is 1. The highest BCUT2D eigenvalue weighted by molar-refractivity contribution is 6.31.